The second kappa shape index (κ2) is 7.86. The summed E-state index contributed by atoms with van der Waals surface area (Å²) in [6.07, 6.45) is 4.18. The highest BCUT2D eigenvalue weighted by atomic mass is 32.2. The molecule has 0 fully saturated rings. The molecule has 1 aliphatic carbocycles. The smallest absolute Gasteiger partial charge is 0.263 e. The lowest BCUT2D eigenvalue weighted by atomic mass is 10.1. The predicted octanol–water partition coefficient (Wildman–Crippen LogP) is 3.16. The Morgan fingerprint density at radius 1 is 1.26 bits per heavy atom. The molecule has 1 amide bonds. The topological polar surface area (TPSA) is 78.0 Å². The van der Waals surface area contributed by atoms with Gasteiger partial charge in [-0.15, -0.1) is 11.3 Å². The standard InChI is InChI=1S/C20H21N3O2S2/c21-16(24)10-12-26-20-22-18-17(14-7-4-8-15(14)27-18)19(25)23(20)11-9-13-5-2-1-3-6-13/h1-3,5-6H,4,7-12H2,(H2,21,24). The average molecular weight is 400 g/mol. The van der Waals surface area contributed by atoms with Crippen LogP contribution in [0.3, 0.4) is 0 Å². The van der Waals surface area contributed by atoms with Crippen molar-refractivity contribution in [2.75, 3.05) is 5.75 Å². The Morgan fingerprint density at radius 3 is 2.85 bits per heavy atom. The molecule has 0 saturated heterocycles. The van der Waals surface area contributed by atoms with Crippen molar-refractivity contribution in [2.45, 2.75) is 43.8 Å². The number of amides is 1. The van der Waals surface area contributed by atoms with Crippen LogP contribution in [0.4, 0.5) is 0 Å². The third kappa shape index (κ3) is 3.80. The Kier molecular flexibility index (Phi) is 5.31. The number of rotatable bonds is 7. The molecule has 140 valence electrons. The van der Waals surface area contributed by atoms with E-state index in [2.05, 4.69) is 12.1 Å². The molecule has 3 aromatic rings. The minimum atomic E-state index is -0.336. The molecule has 0 radical (unpaired) electrons. The van der Waals surface area contributed by atoms with E-state index in [-0.39, 0.29) is 17.9 Å². The van der Waals surface area contributed by atoms with Gasteiger partial charge in [0.15, 0.2) is 5.16 Å². The van der Waals surface area contributed by atoms with Gasteiger partial charge in [-0.2, -0.15) is 0 Å². The molecule has 2 aromatic heterocycles. The number of aryl methyl sites for hydroxylation is 3. The number of thiophene rings is 1. The Hall–Kier alpha value is -2.12. The third-order valence-electron chi connectivity index (χ3n) is 4.84. The van der Waals surface area contributed by atoms with Gasteiger partial charge in [-0.25, -0.2) is 4.98 Å². The zero-order chi connectivity index (χ0) is 18.8. The van der Waals surface area contributed by atoms with Crippen LogP contribution in [0, 0.1) is 0 Å². The molecule has 5 nitrogen and oxygen atoms in total. The van der Waals surface area contributed by atoms with Crippen LogP contribution in [0.25, 0.3) is 10.2 Å². The molecule has 0 spiro atoms. The van der Waals surface area contributed by atoms with Crippen molar-refractivity contribution < 1.29 is 4.79 Å². The molecule has 0 saturated carbocycles. The maximum atomic E-state index is 13.3. The van der Waals surface area contributed by atoms with Crippen molar-refractivity contribution in [1.29, 1.82) is 0 Å². The van der Waals surface area contributed by atoms with Crippen molar-refractivity contribution >= 4 is 39.2 Å². The van der Waals surface area contributed by atoms with E-state index in [9.17, 15) is 9.59 Å². The molecule has 2 N–H and O–H groups in total. The molecular weight excluding hydrogens is 378 g/mol. The molecule has 1 aliphatic rings. The number of fused-ring (bicyclic) bond motifs is 3. The van der Waals surface area contributed by atoms with E-state index in [4.69, 9.17) is 10.7 Å². The number of nitrogens with zero attached hydrogens (tertiary/aromatic N) is 2. The van der Waals surface area contributed by atoms with Crippen LogP contribution in [0.2, 0.25) is 0 Å². The van der Waals surface area contributed by atoms with Crippen molar-refractivity contribution in [2.24, 2.45) is 5.73 Å². The number of hydrogen-bond acceptors (Lipinski definition) is 5. The van der Waals surface area contributed by atoms with Gasteiger partial charge in [-0.05, 0) is 36.8 Å². The van der Waals surface area contributed by atoms with Crippen LogP contribution in [-0.2, 0) is 30.6 Å². The first-order chi connectivity index (χ1) is 13.1. The number of carbonyl (C=O) groups excluding carboxylic acids is 1. The first kappa shape index (κ1) is 18.3. The fraction of sp³-hybridized carbons (Fsp3) is 0.350. The Balaban J connectivity index is 1.71. The van der Waals surface area contributed by atoms with Crippen LogP contribution in [0.1, 0.15) is 28.8 Å². The number of benzene rings is 1. The quantitative estimate of drug-likeness (QED) is 0.489. The van der Waals surface area contributed by atoms with Gasteiger partial charge >= 0.3 is 0 Å². The highest BCUT2D eigenvalue weighted by Crippen LogP contribution is 2.35. The highest BCUT2D eigenvalue weighted by Gasteiger charge is 2.23. The van der Waals surface area contributed by atoms with Crippen molar-refractivity contribution in [3.63, 3.8) is 0 Å². The second-order valence-corrected chi connectivity index (χ2v) is 8.83. The molecule has 0 bridgehead atoms. The largest absolute Gasteiger partial charge is 0.370 e. The average Bonchev–Trinajstić information content (AvgIpc) is 3.22. The van der Waals surface area contributed by atoms with Gasteiger partial charge in [0.25, 0.3) is 5.56 Å². The monoisotopic (exact) mass is 399 g/mol. The van der Waals surface area contributed by atoms with E-state index < -0.39 is 0 Å². The Morgan fingerprint density at radius 2 is 2.07 bits per heavy atom. The SMILES string of the molecule is NC(=O)CCSc1nc2sc3c(c2c(=O)n1CCc1ccccc1)CCC3. The van der Waals surface area contributed by atoms with Crippen molar-refractivity contribution in [3.8, 4) is 0 Å². The summed E-state index contributed by atoms with van der Waals surface area (Å²) in [4.78, 5) is 31.3. The number of primary amides is 1. The highest BCUT2D eigenvalue weighted by molar-refractivity contribution is 7.99. The van der Waals surface area contributed by atoms with E-state index in [1.54, 1.807) is 15.9 Å². The lowest BCUT2D eigenvalue weighted by molar-refractivity contribution is -0.117. The Labute approximate surface area is 165 Å². The molecule has 0 atom stereocenters. The van der Waals surface area contributed by atoms with Crippen molar-refractivity contribution in [3.05, 3.63) is 56.7 Å². The minimum Gasteiger partial charge on any atom is -0.370 e. The zero-order valence-electron chi connectivity index (χ0n) is 14.9. The summed E-state index contributed by atoms with van der Waals surface area (Å²) in [5.74, 6) is 0.195. The van der Waals surface area contributed by atoms with E-state index in [0.29, 0.717) is 17.5 Å². The summed E-state index contributed by atoms with van der Waals surface area (Å²) in [5.41, 5.74) is 7.70. The van der Waals surface area contributed by atoms with Gasteiger partial charge in [0.1, 0.15) is 4.83 Å². The molecule has 27 heavy (non-hydrogen) atoms. The predicted molar refractivity (Wildman–Crippen MR) is 111 cm³/mol. The van der Waals surface area contributed by atoms with Gasteiger partial charge in [0, 0.05) is 23.6 Å². The molecule has 0 unspecified atom stereocenters. The maximum absolute atomic E-state index is 13.3. The summed E-state index contributed by atoms with van der Waals surface area (Å²) in [6.45, 7) is 0.579. The van der Waals surface area contributed by atoms with Crippen LogP contribution in [0.5, 0.6) is 0 Å². The van der Waals surface area contributed by atoms with Crippen molar-refractivity contribution in [1.82, 2.24) is 9.55 Å². The minimum absolute atomic E-state index is 0.0527. The van der Waals surface area contributed by atoms with Crippen LogP contribution in [0.15, 0.2) is 40.3 Å². The zero-order valence-corrected chi connectivity index (χ0v) is 16.6. The van der Waals surface area contributed by atoms with Gasteiger partial charge in [-0.1, -0.05) is 42.1 Å². The Bertz CT molecular complexity index is 1040. The molecule has 2 heterocycles. The summed E-state index contributed by atoms with van der Waals surface area (Å²) >= 11 is 3.09. The van der Waals surface area contributed by atoms with Crippen LogP contribution < -0.4 is 11.3 Å². The first-order valence-electron chi connectivity index (χ1n) is 9.13. The lowest BCUT2D eigenvalue weighted by Crippen LogP contribution is -2.24. The van der Waals surface area contributed by atoms with Gasteiger partial charge in [-0.3, -0.25) is 14.2 Å². The van der Waals surface area contributed by atoms with E-state index in [1.165, 1.54) is 27.8 Å². The number of carbonyl (C=O) groups is 1. The van der Waals surface area contributed by atoms with Gasteiger partial charge < -0.3 is 5.73 Å². The summed E-state index contributed by atoms with van der Waals surface area (Å²) < 4.78 is 1.78. The summed E-state index contributed by atoms with van der Waals surface area (Å²) in [7, 11) is 0. The normalized spacial score (nSPS) is 13.2. The van der Waals surface area contributed by atoms with E-state index in [1.807, 2.05) is 18.2 Å². The summed E-state index contributed by atoms with van der Waals surface area (Å²) in [5, 5.41) is 1.49. The molecular formula is C20H21N3O2S2. The van der Waals surface area contributed by atoms with E-state index >= 15 is 0 Å². The number of thioether (sulfide) groups is 1. The maximum Gasteiger partial charge on any atom is 0.263 e. The molecule has 1 aromatic carbocycles. The van der Waals surface area contributed by atoms with Gasteiger partial charge in [0.2, 0.25) is 5.91 Å². The van der Waals surface area contributed by atoms with Crippen LogP contribution >= 0.6 is 23.1 Å². The fourth-order valence-corrected chi connectivity index (χ4v) is 5.78. The molecule has 0 aliphatic heterocycles. The first-order valence-corrected chi connectivity index (χ1v) is 10.9. The molecule has 7 heteroatoms. The number of aromatic nitrogens is 2. The number of hydrogen-bond donors (Lipinski definition) is 1. The number of nitrogens with two attached hydrogens (primary N) is 1. The summed E-state index contributed by atoms with van der Waals surface area (Å²) in [6, 6.07) is 10.1. The van der Waals surface area contributed by atoms with E-state index in [0.717, 1.165) is 35.9 Å². The lowest BCUT2D eigenvalue weighted by Gasteiger charge is -2.12. The molecule has 4 rings (SSSR count). The van der Waals surface area contributed by atoms with Crippen LogP contribution in [-0.4, -0.2) is 21.2 Å². The second-order valence-electron chi connectivity index (χ2n) is 6.69. The van der Waals surface area contributed by atoms with Gasteiger partial charge in [0.05, 0.1) is 5.39 Å². The fourth-order valence-electron chi connectivity index (χ4n) is 3.49. The third-order valence-corrected chi connectivity index (χ3v) is 7.00.